The molecule has 0 saturated carbocycles. The Balaban J connectivity index is 1.81. The van der Waals surface area contributed by atoms with E-state index in [1.807, 2.05) is 13.0 Å². The van der Waals surface area contributed by atoms with Crippen LogP contribution in [0.25, 0.3) is 17.0 Å². The second kappa shape index (κ2) is 9.18. The van der Waals surface area contributed by atoms with Crippen LogP contribution in [0.1, 0.15) is 34.8 Å². The van der Waals surface area contributed by atoms with Gasteiger partial charge in [-0.2, -0.15) is 0 Å². The van der Waals surface area contributed by atoms with Crippen LogP contribution < -0.4 is 24.6 Å². The third kappa shape index (κ3) is 4.06. The van der Waals surface area contributed by atoms with E-state index in [0.29, 0.717) is 42.3 Å². The van der Waals surface area contributed by atoms with Crippen molar-refractivity contribution >= 4 is 22.8 Å². The van der Waals surface area contributed by atoms with Crippen molar-refractivity contribution in [2.45, 2.75) is 19.8 Å². The summed E-state index contributed by atoms with van der Waals surface area (Å²) < 4.78 is 27.6. The molecule has 0 amide bonds. The van der Waals surface area contributed by atoms with Crippen LogP contribution in [-0.4, -0.2) is 33.2 Å². The van der Waals surface area contributed by atoms with Gasteiger partial charge in [0.15, 0.2) is 22.9 Å². The highest BCUT2D eigenvalue weighted by atomic mass is 16.6. The summed E-state index contributed by atoms with van der Waals surface area (Å²) in [4.78, 5) is 25.5. The van der Waals surface area contributed by atoms with Gasteiger partial charge >= 0.3 is 5.63 Å². The molecule has 1 aromatic heterocycles. The third-order valence-corrected chi connectivity index (χ3v) is 5.22. The summed E-state index contributed by atoms with van der Waals surface area (Å²) in [6.45, 7) is 3.00. The lowest BCUT2D eigenvalue weighted by Gasteiger charge is -2.18. The van der Waals surface area contributed by atoms with E-state index in [-0.39, 0.29) is 22.7 Å². The minimum atomic E-state index is -0.527. The normalized spacial score (nSPS) is 12.8. The molecule has 7 nitrogen and oxygen atoms in total. The number of allylic oxidation sites excluding steroid dienone is 1. The average Bonchev–Trinajstić information content (AvgIpc) is 2.81. The largest absolute Gasteiger partial charge is 0.496 e. The number of carbonyl (C=O) groups excluding carboxylic acids is 1. The first-order chi connectivity index (χ1) is 15.5. The van der Waals surface area contributed by atoms with E-state index in [1.54, 1.807) is 24.3 Å². The number of carbonyl (C=O) groups is 1. The van der Waals surface area contributed by atoms with Gasteiger partial charge in [0.05, 0.1) is 19.6 Å². The molecule has 0 spiro atoms. The van der Waals surface area contributed by atoms with Crippen LogP contribution in [0.2, 0.25) is 0 Å². The molecule has 3 aromatic rings. The number of aryl methyl sites for hydroxylation is 1. The predicted molar refractivity (Wildman–Crippen MR) is 120 cm³/mol. The van der Waals surface area contributed by atoms with E-state index < -0.39 is 5.63 Å². The molecule has 1 aliphatic rings. The molecule has 4 rings (SSSR count). The Bertz CT molecular complexity index is 1250. The fourth-order valence-corrected chi connectivity index (χ4v) is 3.80. The van der Waals surface area contributed by atoms with Gasteiger partial charge in [-0.3, -0.25) is 4.79 Å². The second-order valence-corrected chi connectivity index (χ2v) is 7.30. The van der Waals surface area contributed by atoms with Crippen molar-refractivity contribution in [3.05, 3.63) is 63.5 Å². The van der Waals surface area contributed by atoms with Gasteiger partial charge in [0.25, 0.3) is 0 Å². The van der Waals surface area contributed by atoms with Gasteiger partial charge in [0, 0.05) is 12.1 Å². The predicted octanol–water partition coefficient (Wildman–Crippen LogP) is 4.43. The Morgan fingerprint density at radius 2 is 1.78 bits per heavy atom. The minimum absolute atomic E-state index is 0.161. The number of methoxy groups -OCH3 is 2. The SMILES string of the molecule is CCCc1cc(=O)oc2c(C(=O)/C=C/c3ccc4c(c3)OCCO4)c(OC)cc(OC)c12. The third-order valence-electron chi connectivity index (χ3n) is 5.22. The highest BCUT2D eigenvalue weighted by Crippen LogP contribution is 2.38. The van der Waals surface area contributed by atoms with Crippen molar-refractivity contribution in [1.82, 2.24) is 0 Å². The van der Waals surface area contributed by atoms with Gasteiger partial charge < -0.3 is 23.4 Å². The van der Waals surface area contributed by atoms with Gasteiger partial charge in [-0.1, -0.05) is 25.5 Å². The monoisotopic (exact) mass is 436 g/mol. The first-order valence-electron chi connectivity index (χ1n) is 10.4. The van der Waals surface area contributed by atoms with E-state index in [1.165, 1.54) is 26.4 Å². The molecule has 0 saturated heterocycles. The number of ether oxygens (including phenoxy) is 4. The maximum atomic E-state index is 13.3. The quantitative estimate of drug-likeness (QED) is 0.308. The van der Waals surface area contributed by atoms with Gasteiger partial charge in [0.1, 0.15) is 30.3 Å². The molecule has 7 heteroatoms. The lowest BCUT2D eigenvalue weighted by Crippen LogP contribution is -2.15. The maximum Gasteiger partial charge on any atom is 0.336 e. The van der Waals surface area contributed by atoms with Crippen LogP contribution in [0.4, 0.5) is 0 Å². The van der Waals surface area contributed by atoms with E-state index in [4.69, 9.17) is 23.4 Å². The number of benzene rings is 2. The molecule has 0 radical (unpaired) electrons. The molecular formula is C25H24O7. The summed E-state index contributed by atoms with van der Waals surface area (Å²) >= 11 is 0. The first kappa shape index (κ1) is 21.5. The van der Waals surface area contributed by atoms with Gasteiger partial charge in [-0.25, -0.2) is 4.79 Å². The van der Waals surface area contributed by atoms with E-state index in [9.17, 15) is 9.59 Å². The Labute approximate surface area is 185 Å². The molecule has 0 unspecified atom stereocenters. The van der Waals surface area contributed by atoms with Crippen LogP contribution in [0.5, 0.6) is 23.0 Å². The molecule has 0 aliphatic carbocycles. The molecule has 0 bridgehead atoms. The van der Waals surface area contributed by atoms with Crippen molar-refractivity contribution in [3.63, 3.8) is 0 Å². The van der Waals surface area contributed by atoms with E-state index in [2.05, 4.69) is 0 Å². The Morgan fingerprint density at radius 3 is 2.50 bits per heavy atom. The summed E-state index contributed by atoms with van der Waals surface area (Å²) in [7, 11) is 2.98. The molecule has 2 heterocycles. The van der Waals surface area contributed by atoms with E-state index >= 15 is 0 Å². The topological polar surface area (TPSA) is 84.2 Å². The summed E-state index contributed by atoms with van der Waals surface area (Å²) in [5.74, 6) is 1.70. The fraction of sp³-hybridized carbons (Fsp3) is 0.280. The molecule has 166 valence electrons. The number of hydrogen-bond donors (Lipinski definition) is 0. The highest BCUT2D eigenvalue weighted by molar-refractivity contribution is 6.16. The van der Waals surface area contributed by atoms with Gasteiger partial charge in [-0.05, 0) is 35.8 Å². The molecule has 0 fully saturated rings. The van der Waals surface area contributed by atoms with Gasteiger partial charge in [0.2, 0.25) is 0 Å². The van der Waals surface area contributed by atoms with Crippen LogP contribution in [0.15, 0.2) is 45.6 Å². The second-order valence-electron chi connectivity index (χ2n) is 7.30. The summed E-state index contributed by atoms with van der Waals surface area (Å²) in [5, 5.41) is 0.603. The van der Waals surface area contributed by atoms with Gasteiger partial charge in [-0.15, -0.1) is 0 Å². The molecule has 0 N–H and O–H groups in total. The lowest BCUT2D eigenvalue weighted by molar-refractivity contribution is 0.104. The summed E-state index contributed by atoms with van der Waals surface area (Å²) in [6.07, 6.45) is 4.55. The van der Waals surface area contributed by atoms with Crippen molar-refractivity contribution < 1.29 is 28.2 Å². The van der Waals surface area contributed by atoms with Crippen molar-refractivity contribution in [3.8, 4) is 23.0 Å². The summed E-state index contributed by atoms with van der Waals surface area (Å²) in [5.41, 5.74) is 1.35. The van der Waals surface area contributed by atoms with Crippen LogP contribution in [-0.2, 0) is 6.42 Å². The Hall–Kier alpha value is -3.74. The van der Waals surface area contributed by atoms with Crippen LogP contribution in [0.3, 0.4) is 0 Å². The molecule has 2 aromatic carbocycles. The fourth-order valence-electron chi connectivity index (χ4n) is 3.80. The molecule has 1 aliphatic heterocycles. The number of rotatable bonds is 7. The average molecular weight is 436 g/mol. The molecular weight excluding hydrogens is 412 g/mol. The lowest BCUT2D eigenvalue weighted by atomic mass is 9.98. The summed E-state index contributed by atoms with van der Waals surface area (Å²) in [6, 6.07) is 8.53. The minimum Gasteiger partial charge on any atom is -0.496 e. The number of ketones is 1. The van der Waals surface area contributed by atoms with Crippen molar-refractivity contribution in [2.75, 3.05) is 27.4 Å². The standard InChI is InChI=1S/C25H24O7/c1-4-5-16-13-22(27)32-25-23(16)20(28-2)14-21(29-3)24(25)17(26)8-6-15-7-9-18-19(12-15)31-11-10-30-18/h6-9,12-14H,4-5,10-11H2,1-3H3/b8-6+. The highest BCUT2D eigenvalue weighted by Gasteiger charge is 2.23. The number of fused-ring (bicyclic) bond motifs is 2. The smallest absolute Gasteiger partial charge is 0.336 e. The number of hydrogen-bond acceptors (Lipinski definition) is 7. The zero-order valence-corrected chi connectivity index (χ0v) is 18.2. The Kier molecular flexibility index (Phi) is 6.16. The first-order valence-corrected chi connectivity index (χ1v) is 10.4. The maximum absolute atomic E-state index is 13.3. The Morgan fingerprint density at radius 1 is 1.03 bits per heavy atom. The van der Waals surface area contributed by atoms with E-state index in [0.717, 1.165) is 17.5 Å². The molecule has 0 atom stereocenters. The van der Waals surface area contributed by atoms with Crippen LogP contribution in [0, 0.1) is 0 Å². The zero-order valence-electron chi connectivity index (χ0n) is 18.2. The van der Waals surface area contributed by atoms with Crippen molar-refractivity contribution in [2.24, 2.45) is 0 Å². The molecule has 32 heavy (non-hydrogen) atoms. The zero-order chi connectivity index (χ0) is 22.7. The van der Waals surface area contributed by atoms with Crippen molar-refractivity contribution in [1.29, 1.82) is 0 Å². The van der Waals surface area contributed by atoms with Crippen LogP contribution >= 0.6 is 0 Å².